The quantitative estimate of drug-likeness (QED) is 0.547. The molecule has 5 nitrogen and oxygen atoms in total. The summed E-state index contributed by atoms with van der Waals surface area (Å²) in [6, 6.07) is 0. The molecule has 0 rings (SSSR count). The highest BCUT2D eigenvalue weighted by Crippen LogP contribution is 2.55. The lowest BCUT2D eigenvalue weighted by molar-refractivity contribution is -0.208. The molecule has 0 radical (unpaired) electrons. The average Bonchev–Trinajstić information content (AvgIpc) is 2.45. The minimum absolute atomic E-state index is 0.137. The van der Waals surface area contributed by atoms with Gasteiger partial charge in [0.1, 0.15) is 11.2 Å². The summed E-state index contributed by atoms with van der Waals surface area (Å²) in [5.41, 5.74) is -2.61. The van der Waals surface area contributed by atoms with Crippen molar-refractivity contribution >= 4 is 12.1 Å². The van der Waals surface area contributed by atoms with Crippen molar-refractivity contribution in [1.29, 1.82) is 0 Å². The van der Waals surface area contributed by atoms with E-state index in [-0.39, 0.29) is 11.9 Å². The third kappa shape index (κ3) is 4.89. The Kier molecular flexibility index (Phi) is 7.56. The molecule has 1 atom stereocenters. The molecule has 0 heterocycles. The molecular formula is C20H38O5. The Morgan fingerprint density at radius 2 is 1.24 bits per heavy atom. The van der Waals surface area contributed by atoms with Crippen LogP contribution in [0.4, 0.5) is 4.79 Å². The molecule has 0 saturated carbocycles. The van der Waals surface area contributed by atoms with E-state index >= 15 is 0 Å². The Bertz CT molecular complexity index is 474. The third-order valence-electron chi connectivity index (χ3n) is 6.56. The summed E-state index contributed by atoms with van der Waals surface area (Å²) in [4.78, 5) is 24.1. The fourth-order valence-corrected chi connectivity index (χ4v) is 2.91. The first-order chi connectivity index (χ1) is 11.1. The van der Waals surface area contributed by atoms with Crippen LogP contribution in [0.5, 0.6) is 0 Å². The maximum absolute atomic E-state index is 12.5. The lowest BCUT2D eigenvalue weighted by atomic mass is 9.54. The molecule has 0 aromatic carbocycles. The van der Waals surface area contributed by atoms with E-state index in [2.05, 4.69) is 11.7 Å². The highest BCUT2D eigenvalue weighted by atomic mass is 16.7. The standard InChI is InChI=1S/C20H38O5/c1-12-13-14(2)15(21)24-19(7,8)17(3,4)18(5,6)20(9,10)25-16(22)23-11/h14H,12-13H2,1-11H3. The summed E-state index contributed by atoms with van der Waals surface area (Å²) >= 11 is 0. The molecule has 25 heavy (non-hydrogen) atoms. The van der Waals surface area contributed by atoms with Crippen LogP contribution in [-0.4, -0.2) is 30.4 Å². The van der Waals surface area contributed by atoms with E-state index in [1.54, 1.807) is 0 Å². The van der Waals surface area contributed by atoms with E-state index in [1.165, 1.54) is 7.11 Å². The van der Waals surface area contributed by atoms with E-state index < -0.39 is 28.2 Å². The van der Waals surface area contributed by atoms with Gasteiger partial charge < -0.3 is 14.2 Å². The van der Waals surface area contributed by atoms with Crippen LogP contribution in [0.25, 0.3) is 0 Å². The van der Waals surface area contributed by atoms with E-state index in [9.17, 15) is 9.59 Å². The van der Waals surface area contributed by atoms with Gasteiger partial charge in [0.05, 0.1) is 13.0 Å². The fraction of sp³-hybridized carbons (Fsp3) is 0.900. The van der Waals surface area contributed by atoms with Crippen molar-refractivity contribution in [3.05, 3.63) is 0 Å². The number of rotatable bonds is 8. The van der Waals surface area contributed by atoms with Crippen molar-refractivity contribution in [3.8, 4) is 0 Å². The van der Waals surface area contributed by atoms with Crippen LogP contribution in [-0.2, 0) is 19.0 Å². The first-order valence-corrected chi connectivity index (χ1v) is 9.07. The Morgan fingerprint density at radius 3 is 1.60 bits per heavy atom. The van der Waals surface area contributed by atoms with Gasteiger partial charge in [-0.2, -0.15) is 0 Å². The summed E-state index contributed by atoms with van der Waals surface area (Å²) in [6.07, 6.45) is 1.02. The molecule has 0 aliphatic rings. The van der Waals surface area contributed by atoms with Gasteiger partial charge in [0.25, 0.3) is 0 Å². The first kappa shape index (κ1) is 23.7. The largest absolute Gasteiger partial charge is 0.508 e. The van der Waals surface area contributed by atoms with Gasteiger partial charge in [0.2, 0.25) is 0 Å². The molecule has 0 N–H and O–H groups in total. The van der Waals surface area contributed by atoms with Crippen molar-refractivity contribution in [3.63, 3.8) is 0 Å². The van der Waals surface area contributed by atoms with E-state index in [0.717, 1.165) is 12.8 Å². The summed E-state index contributed by atoms with van der Waals surface area (Å²) in [5.74, 6) is -0.329. The van der Waals surface area contributed by atoms with Crippen LogP contribution in [0.2, 0.25) is 0 Å². The molecule has 0 spiro atoms. The van der Waals surface area contributed by atoms with Crippen LogP contribution in [0.15, 0.2) is 0 Å². The van der Waals surface area contributed by atoms with Gasteiger partial charge in [-0.15, -0.1) is 0 Å². The summed E-state index contributed by atoms with van der Waals surface area (Å²) in [7, 11) is 1.29. The van der Waals surface area contributed by atoms with Crippen LogP contribution in [0, 0.1) is 16.7 Å². The smallest absolute Gasteiger partial charge is 0.459 e. The molecule has 0 aromatic rings. The van der Waals surface area contributed by atoms with Crippen molar-refractivity contribution in [2.45, 2.75) is 93.3 Å². The zero-order valence-electron chi connectivity index (χ0n) is 18.0. The summed E-state index contributed by atoms with van der Waals surface area (Å²) in [5, 5.41) is 0. The number of ether oxygens (including phenoxy) is 3. The second-order valence-corrected chi connectivity index (χ2v) is 8.94. The molecule has 0 aromatic heterocycles. The van der Waals surface area contributed by atoms with Gasteiger partial charge in [0, 0.05) is 10.8 Å². The Balaban J connectivity index is 5.60. The number of hydrogen-bond donors (Lipinski definition) is 0. The van der Waals surface area contributed by atoms with Gasteiger partial charge in [-0.25, -0.2) is 4.79 Å². The highest BCUT2D eigenvalue weighted by molar-refractivity contribution is 5.72. The minimum Gasteiger partial charge on any atom is -0.459 e. The molecule has 0 saturated heterocycles. The average molecular weight is 359 g/mol. The lowest BCUT2D eigenvalue weighted by Gasteiger charge is -2.56. The van der Waals surface area contributed by atoms with Crippen molar-refractivity contribution in [2.75, 3.05) is 7.11 Å². The van der Waals surface area contributed by atoms with Crippen LogP contribution >= 0.6 is 0 Å². The molecule has 5 heteroatoms. The summed E-state index contributed by atoms with van der Waals surface area (Å²) < 4.78 is 16.1. The van der Waals surface area contributed by atoms with E-state index in [1.807, 2.05) is 62.3 Å². The normalized spacial score (nSPS) is 14.7. The highest BCUT2D eigenvalue weighted by Gasteiger charge is 2.58. The van der Waals surface area contributed by atoms with Gasteiger partial charge >= 0.3 is 12.1 Å². The lowest BCUT2D eigenvalue weighted by Crippen LogP contribution is -2.60. The number of hydrogen-bond acceptors (Lipinski definition) is 5. The molecule has 0 fully saturated rings. The van der Waals surface area contributed by atoms with E-state index in [0.29, 0.717) is 0 Å². The molecule has 0 amide bonds. The zero-order chi connectivity index (χ0) is 20.3. The fourth-order valence-electron chi connectivity index (χ4n) is 2.91. The van der Waals surface area contributed by atoms with Crippen LogP contribution in [0.3, 0.4) is 0 Å². The SMILES string of the molecule is CCCC(C)C(=O)OC(C)(C)C(C)(C)C(C)(C)C(C)(C)OC(=O)OC. The second kappa shape index (κ2) is 7.96. The minimum atomic E-state index is -0.831. The molecule has 1 unspecified atom stereocenters. The molecule has 0 aliphatic carbocycles. The van der Waals surface area contributed by atoms with Gasteiger partial charge in [-0.1, -0.05) is 48.0 Å². The van der Waals surface area contributed by atoms with E-state index in [4.69, 9.17) is 9.47 Å². The third-order valence-corrected chi connectivity index (χ3v) is 6.56. The van der Waals surface area contributed by atoms with Gasteiger partial charge in [-0.3, -0.25) is 4.79 Å². The number of methoxy groups -OCH3 is 1. The topological polar surface area (TPSA) is 61.8 Å². The zero-order valence-corrected chi connectivity index (χ0v) is 18.0. The second-order valence-electron chi connectivity index (χ2n) is 8.94. The Labute approximate surface area is 153 Å². The summed E-state index contributed by atoms with van der Waals surface area (Å²) in [6.45, 7) is 19.6. The van der Waals surface area contributed by atoms with Crippen molar-refractivity contribution < 1.29 is 23.8 Å². The van der Waals surface area contributed by atoms with Crippen LogP contribution < -0.4 is 0 Å². The predicted octanol–water partition coefficient (Wildman–Crippen LogP) is 5.36. The number of carbonyl (C=O) groups is 2. The maximum Gasteiger partial charge on any atom is 0.508 e. The number of esters is 1. The Morgan fingerprint density at radius 1 is 0.840 bits per heavy atom. The predicted molar refractivity (Wildman–Crippen MR) is 99.4 cm³/mol. The first-order valence-electron chi connectivity index (χ1n) is 9.07. The molecule has 148 valence electrons. The van der Waals surface area contributed by atoms with Crippen molar-refractivity contribution in [2.24, 2.45) is 16.7 Å². The van der Waals surface area contributed by atoms with Crippen molar-refractivity contribution in [1.82, 2.24) is 0 Å². The van der Waals surface area contributed by atoms with Crippen LogP contribution in [0.1, 0.15) is 82.1 Å². The molecule has 0 bridgehead atoms. The van der Waals surface area contributed by atoms with Gasteiger partial charge in [-0.05, 0) is 34.1 Å². The Hall–Kier alpha value is -1.26. The number of carbonyl (C=O) groups excluding carboxylic acids is 2. The van der Waals surface area contributed by atoms with Gasteiger partial charge in [0.15, 0.2) is 0 Å². The molecular weight excluding hydrogens is 320 g/mol. The molecule has 0 aliphatic heterocycles. The maximum atomic E-state index is 12.5. The monoisotopic (exact) mass is 358 g/mol.